The number of ketones is 1. The Hall–Kier alpha value is -4.63. The summed E-state index contributed by atoms with van der Waals surface area (Å²) >= 11 is 0. The number of Topliss-reactive ketones (excluding diaryl/α,β-unsaturated/α-hetero) is 1. The maximum atomic E-state index is 14.4. The van der Waals surface area contributed by atoms with E-state index in [2.05, 4.69) is 5.32 Å². The minimum Gasteiger partial charge on any atom is -0.507 e. The average Bonchev–Trinajstić information content (AvgIpc) is 3.43. The number of carbonyl (C=O) groups is 3. The minimum absolute atomic E-state index is 0.0541. The number of benzene rings is 2. The van der Waals surface area contributed by atoms with E-state index < -0.39 is 88.8 Å². The molecule has 6 N–H and O–H groups in total. The molecule has 308 valence electrons. The molecule has 0 fully saturated rings. The number of carbonyl (C=O) groups excluding carboxylic acids is 3. The second-order valence-corrected chi connectivity index (χ2v) is 15.1. The third kappa shape index (κ3) is 8.38. The van der Waals surface area contributed by atoms with Gasteiger partial charge in [-0.15, -0.1) is 0 Å². The zero-order chi connectivity index (χ0) is 42.0. The SMILES string of the molecule is CCN(CC)Cc1c2c(O)c3c(O)c(C)c4c(c3c1O)C(=O)[C@@](C)(O/C=C/[C@H](OC)[C@H](C)[C@H](OC(C)=O)[C@@H](C)[C@@H](O)[C@@H](C)[C@H](O)[C@H](C)/C=C/C=C(\C)C(=O)N2)O4. The van der Waals surface area contributed by atoms with Gasteiger partial charge in [0.2, 0.25) is 0 Å². The van der Waals surface area contributed by atoms with Crippen LogP contribution < -0.4 is 10.1 Å². The summed E-state index contributed by atoms with van der Waals surface area (Å²) in [5, 5.41) is 60.5. The van der Waals surface area contributed by atoms with Gasteiger partial charge in [-0.2, -0.15) is 0 Å². The quantitative estimate of drug-likeness (QED) is 0.120. The van der Waals surface area contributed by atoms with Gasteiger partial charge in [0.05, 0.1) is 41.2 Å². The standard InChI is InChI=1S/C42H58N2O12/c1-12-44(13-2)19-27-32-37(50)30-29(36(27)49)31-39(25(8)35(30)48)56-42(10,40(31)51)54-18-17-28(53-11)22(5)38(55-26(9)45)24(7)34(47)23(6)33(46)20(3)15-14-16-21(4)41(52)43-32/h14-18,20,22-24,28,33-34,38,46-50H,12-13,19H2,1-11H3,(H,43,52)/b15-14+,18-17+,21-16+/t20-,22+,23+,24+,28+,33-,34+,38+,42+/m1/s1. The third-order valence-corrected chi connectivity index (χ3v) is 11.4. The smallest absolute Gasteiger partial charge is 0.312 e. The molecule has 3 aliphatic heterocycles. The summed E-state index contributed by atoms with van der Waals surface area (Å²) in [5.74, 6) is -7.91. The van der Waals surface area contributed by atoms with Crippen molar-refractivity contribution in [2.24, 2.45) is 23.7 Å². The average molecular weight is 783 g/mol. The molecule has 2 aromatic rings. The Morgan fingerprint density at radius 1 is 0.929 bits per heavy atom. The molecule has 0 saturated carbocycles. The van der Waals surface area contributed by atoms with Gasteiger partial charge >= 0.3 is 11.8 Å². The van der Waals surface area contributed by atoms with Gasteiger partial charge in [-0.25, -0.2) is 0 Å². The third-order valence-electron chi connectivity index (χ3n) is 11.4. The molecule has 3 aliphatic rings. The molecular formula is C42H58N2O12. The molecule has 2 aromatic carbocycles. The first-order valence-electron chi connectivity index (χ1n) is 19.0. The second kappa shape index (κ2) is 17.7. The molecule has 0 saturated heterocycles. The predicted molar refractivity (Wildman–Crippen MR) is 210 cm³/mol. The van der Waals surface area contributed by atoms with E-state index in [-0.39, 0.29) is 51.0 Å². The number of aliphatic hydroxyl groups excluding tert-OH is 2. The largest absolute Gasteiger partial charge is 0.507 e. The Morgan fingerprint density at radius 2 is 1.57 bits per heavy atom. The first-order valence-corrected chi connectivity index (χ1v) is 19.0. The molecule has 5 bridgehead atoms. The molecule has 0 aromatic heterocycles. The van der Waals surface area contributed by atoms with Crippen molar-refractivity contribution >= 4 is 34.1 Å². The number of ether oxygens (including phenoxy) is 4. The summed E-state index contributed by atoms with van der Waals surface area (Å²) in [6.07, 6.45) is 3.69. The zero-order valence-corrected chi connectivity index (χ0v) is 34.2. The molecule has 0 radical (unpaired) electrons. The molecule has 56 heavy (non-hydrogen) atoms. The molecule has 1 amide bonds. The van der Waals surface area contributed by atoms with E-state index in [9.17, 15) is 39.9 Å². The lowest BCUT2D eigenvalue weighted by molar-refractivity contribution is -0.160. The number of nitrogens with one attached hydrogen (secondary N) is 1. The van der Waals surface area contributed by atoms with Gasteiger partial charge < -0.3 is 49.8 Å². The maximum absolute atomic E-state index is 14.4. The molecular weight excluding hydrogens is 724 g/mol. The van der Waals surface area contributed by atoms with E-state index in [1.54, 1.807) is 46.8 Å². The lowest BCUT2D eigenvalue weighted by atomic mass is 9.78. The summed E-state index contributed by atoms with van der Waals surface area (Å²) in [5.41, 5.74) is 0.117. The van der Waals surface area contributed by atoms with Crippen molar-refractivity contribution in [3.8, 4) is 23.0 Å². The highest BCUT2D eigenvalue weighted by Gasteiger charge is 2.50. The monoisotopic (exact) mass is 782 g/mol. The normalized spacial score (nSPS) is 31.1. The van der Waals surface area contributed by atoms with Crippen molar-refractivity contribution in [1.29, 1.82) is 0 Å². The number of aliphatic hydroxyl groups is 2. The summed E-state index contributed by atoms with van der Waals surface area (Å²) in [4.78, 5) is 42.3. The summed E-state index contributed by atoms with van der Waals surface area (Å²) in [6.45, 7) is 17.6. The fourth-order valence-corrected chi connectivity index (χ4v) is 7.61. The van der Waals surface area contributed by atoms with Crippen LogP contribution in [0.1, 0.15) is 83.8 Å². The Balaban J connectivity index is 1.98. The van der Waals surface area contributed by atoms with Crippen LogP contribution in [-0.4, -0.2) is 98.5 Å². The molecule has 3 heterocycles. The van der Waals surface area contributed by atoms with Gasteiger partial charge in [0, 0.05) is 73.3 Å². The van der Waals surface area contributed by atoms with Crippen molar-refractivity contribution in [3.63, 3.8) is 0 Å². The Morgan fingerprint density at radius 3 is 2.16 bits per heavy atom. The number of rotatable bonds is 6. The fourth-order valence-electron chi connectivity index (χ4n) is 7.61. The van der Waals surface area contributed by atoms with Crippen molar-refractivity contribution in [2.75, 3.05) is 25.5 Å². The highest BCUT2D eigenvalue weighted by molar-refractivity contribution is 6.22. The number of esters is 1. The van der Waals surface area contributed by atoms with Crippen molar-refractivity contribution in [3.05, 3.63) is 52.8 Å². The lowest BCUT2D eigenvalue weighted by Gasteiger charge is -2.38. The summed E-state index contributed by atoms with van der Waals surface area (Å²) in [6, 6.07) is 0. The Labute approximate surface area is 328 Å². The van der Waals surface area contributed by atoms with Crippen molar-refractivity contribution < 1.29 is 58.9 Å². The number of aromatic hydroxyl groups is 3. The number of phenolic OH excluding ortho intramolecular Hbond substituents is 3. The number of amides is 1. The van der Waals surface area contributed by atoms with Crippen LogP contribution in [0.5, 0.6) is 23.0 Å². The molecule has 0 aliphatic carbocycles. The number of fused-ring (bicyclic) bond motifs is 14. The zero-order valence-electron chi connectivity index (χ0n) is 34.2. The fraction of sp³-hybridized carbons (Fsp3) is 0.548. The number of hydrogen-bond donors (Lipinski definition) is 6. The van der Waals surface area contributed by atoms with Gasteiger partial charge in [-0.1, -0.05) is 59.8 Å². The Kier molecular flexibility index (Phi) is 13.9. The van der Waals surface area contributed by atoms with Crippen LogP contribution in [0.4, 0.5) is 5.69 Å². The highest BCUT2D eigenvalue weighted by Crippen LogP contribution is 2.55. The van der Waals surface area contributed by atoms with E-state index >= 15 is 0 Å². The van der Waals surface area contributed by atoms with Gasteiger partial charge in [-0.05, 0) is 33.0 Å². The molecule has 9 atom stereocenters. The van der Waals surface area contributed by atoms with E-state index in [0.717, 1.165) is 0 Å². The first kappa shape index (κ1) is 44.1. The van der Waals surface area contributed by atoms with Crippen LogP contribution in [0.2, 0.25) is 0 Å². The van der Waals surface area contributed by atoms with Crippen LogP contribution in [0.3, 0.4) is 0 Å². The Bertz CT molecular complexity index is 1920. The van der Waals surface area contributed by atoms with E-state index in [4.69, 9.17) is 18.9 Å². The van der Waals surface area contributed by atoms with E-state index in [1.165, 1.54) is 46.3 Å². The lowest BCUT2D eigenvalue weighted by Crippen LogP contribution is -2.46. The van der Waals surface area contributed by atoms with Gasteiger partial charge in [0.1, 0.15) is 23.4 Å². The number of anilines is 1. The molecule has 0 unspecified atom stereocenters. The van der Waals surface area contributed by atoms with Crippen molar-refractivity contribution in [1.82, 2.24) is 4.90 Å². The van der Waals surface area contributed by atoms with Gasteiger partial charge in [0.25, 0.3) is 11.7 Å². The first-order chi connectivity index (χ1) is 26.3. The van der Waals surface area contributed by atoms with Crippen molar-refractivity contribution in [2.45, 2.75) is 106 Å². The second-order valence-electron chi connectivity index (χ2n) is 15.1. The molecule has 5 rings (SSSR count). The number of methoxy groups -OCH3 is 1. The van der Waals surface area contributed by atoms with E-state index in [1.807, 2.05) is 18.7 Å². The van der Waals surface area contributed by atoms with Crippen LogP contribution in [-0.2, 0) is 30.3 Å². The van der Waals surface area contributed by atoms with Gasteiger partial charge in [0.15, 0.2) is 5.75 Å². The van der Waals surface area contributed by atoms with E-state index in [0.29, 0.717) is 13.1 Å². The summed E-state index contributed by atoms with van der Waals surface area (Å²) < 4.78 is 23.6. The predicted octanol–water partition coefficient (Wildman–Crippen LogP) is 5.60. The van der Waals surface area contributed by atoms with Crippen LogP contribution in [0.25, 0.3) is 10.8 Å². The molecule has 14 heteroatoms. The summed E-state index contributed by atoms with van der Waals surface area (Å²) in [7, 11) is 1.44. The maximum Gasteiger partial charge on any atom is 0.312 e. The van der Waals surface area contributed by atoms with Crippen LogP contribution in [0, 0.1) is 30.6 Å². The molecule has 0 spiro atoms. The van der Waals surface area contributed by atoms with Crippen LogP contribution >= 0.6 is 0 Å². The van der Waals surface area contributed by atoms with Crippen LogP contribution in [0.15, 0.2) is 36.1 Å². The molecule has 14 nitrogen and oxygen atoms in total. The number of hydrogen-bond acceptors (Lipinski definition) is 13. The topological polar surface area (TPSA) is 205 Å². The minimum atomic E-state index is -2.01. The highest BCUT2D eigenvalue weighted by atomic mass is 16.7. The number of phenols is 3. The van der Waals surface area contributed by atoms with Gasteiger partial charge in [-0.3, -0.25) is 19.3 Å². The number of allylic oxidation sites excluding steroid dienone is 2. The number of nitrogens with zero attached hydrogens (tertiary/aromatic N) is 1.